The third-order valence-electron chi connectivity index (χ3n) is 2.94. The first-order valence-corrected chi connectivity index (χ1v) is 7.61. The first-order chi connectivity index (χ1) is 10.3. The minimum Gasteiger partial charge on any atom is -0.356 e. The van der Waals surface area contributed by atoms with Gasteiger partial charge in [-0.2, -0.15) is 0 Å². The Morgan fingerprint density at radius 2 is 1.91 bits per heavy atom. The summed E-state index contributed by atoms with van der Waals surface area (Å²) in [4.78, 5) is 15.9. The number of aliphatic imine (C=N–C) groups is 1. The molecule has 6 heteroatoms. The number of guanidine groups is 1. The van der Waals surface area contributed by atoms with Crippen molar-refractivity contribution in [2.45, 2.75) is 39.7 Å². The molecule has 1 aromatic carbocycles. The van der Waals surface area contributed by atoms with Gasteiger partial charge in [-0.3, -0.25) is 9.79 Å². The molecular formula is C17H29IN4O. The lowest BCUT2D eigenvalue weighted by molar-refractivity contribution is -0.121. The highest BCUT2D eigenvalue weighted by molar-refractivity contribution is 14.0. The van der Waals surface area contributed by atoms with Crippen molar-refractivity contribution in [1.82, 2.24) is 16.0 Å². The van der Waals surface area contributed by atoms with Crippen LogP contribution in [0.5, 0.6) is 0 Å². The molecule has 0 aliphatic carbocycles. The van der Waals surface area contributed by atoms with Crippen molar-refractivity contribution in [2.24, 2.45) is 4.99 Å². The van der Waals surface area contributed by atoms with Gasteiger partial charge in [0, 0.05) is 19.1 Å². The molecule has 5 nitrogen and oxygen atoms in total. The van der Waals surface area contributed by atoms with Gasteiger partial charge >= 0.3 is 0 Å². The van der Waals surface area contributed by atoms with Gasteiger partial charge in [-0.25, -0.2) is 0 Å². The minimum atomic E-state index is -0.221. The van der Waals surface area contributed by atoms with Crippen molar-refractivity contribution >= 4 is 35.8 Å². The van der Waals surface area contributed by atoms with Crippen molar-refractivity contribution in [3.63, 3.8) is 0 Å². The summed E-state index contributed by atoms with van der Waals surface area (Å²) in [6.45, 7) is 8.94. The molecular weight excluding hydrogens is 403 g/mol. The van der Waals surface area contributed by atoms with E-state index in [4.69, 9.17) is 0 Å². The maximum absolute atomic E-state index is 11.8. The van der Waals surface area contributed by atoms with E-state index in [9.17, 15) is 4.79 Å². The number of hydrogen-bond acceptors (Lipinski definition) is 2. The molecule has 0 aliphatic heterocycles. The van der Waals surface area contributed by atoms with Gasteiger partial charge in [-0.15, -0.1) is 24.0 Å². The molecule has 1 aromatic rings. The molecule has 0 saturated carbocycles. The van der Waals surface area contributed by atoms with E-state index in [1.165, 1.54) is 11.1 Å². The molecule has 0 spiro atoms. The standard InChI is InChI=1S/C17H28N4O.HI/c1-13-7-6-8-14(11-13)9-10-19-16(18-5)20-12-15(22)21-17(2,3)4;/h6-8,11H,9-10,12H2,1-5H3,(H,21,22)(H2,18,19,20);1H. The third-order valence-corrected chi connectivity index (χ3v) is 2.94. The molecule has 0 heterocycles. The van der Waals surface area contributed by atoms with Crippen molar-refractivity contribution in [3.8, 4) is 0 Å². The van der Waals surface area contributed by atoms with E-state index < -0.39 is 0 Å². The second-order valence-corrected chi connectivity index (χ2v) is 6.39. The molecule has 0 fully saturated rings. The molecule has 3 N–H and O–H groups in total. The average molecular weight is 432 g/mol. The first-order valence-electron chi connectivity index (χ1n) is 7.61. The molecule has 0 bridgehead atoms. The monoisotopic (exact) mass is 432 g/mol. The number of halogens is 1. The second kappa shape index (κ2) is 10.5. The predicted molar refractivity (Wildman–Crippen MR) is 108 cm³/mol. The molecule has 23 heavy (non-hydrogen) atoms. The van der Waals surface area contributed by atoms with E-state index in [1.807, 2.05) is 20.8 Å². The zero-order valence-electron chi connectivity index (χ0n) is 14.7. The molecule has 130 valence electrons. The fourth-order valence-corrected chi connectivity index (χ4v) is 2.04. The van der Waals surface area contributed by atoms with Gasteiger partial charge in [0.1, 0.15) is 0 Å². The fraction of sp³-hybridized carbons (Fsp3) is 0.529. The van der Waals surface area contributed by atoms with Crippen LogP contribution >= 0.6 is 24.0 Å². The van der Waals surface area contributed by atoms with Gasteiger partial charge in [0.25, 0.3) is 0 Å². The van der Waals surface area contributed by atoms with Crippen LogP contribution in [0.1, 0.15) is 31.9 Å². The topological polar surface area (TPSA) is 65.5 Å². The van der Waals surface area contributed by atoms with Crippen LogP contribution in [0.2, 0.25) is 0 Å². The van der Waals surface area contributed by atoms with Crippen molar-refractivity contribution in [1.29, 1.82) is 0 Å². The summed E-state index contributed by atoms with van der Waals surface area (Å²) in [5.41, 5.74) is 2.33. The molecule has 0 aromatic heterocycles. The summed E-state index contributed by atoms with van der Waals surface area (Å²) in [5, 5.41) is 9.13. The molecule has 0 radical (unpaired) electrons. The Kier molecular flexibility index (Phi) is 9.87. The Morgan fingerprint density at radius 3 is 2.48 bits per heavy atom. The lowest BCUT2D eigenvalue weighted by atomic mass is 10.1. The Labute approximate surface area is 156 Å². The summed E-state index contributed by atoms with van der Waals surface area (Å²) in [7, 11) is 1.70. The summed E-state index contributed by atoms with van der Waals surface area (Å²) < 4.78 is 0. The predicted octanol–water partition coefficient (Wildman–Crippen LogP) is 2.24. The molecule has 0 aliphatic rings. The summed E-state index contributed by atoms with van der Waals surface area (Å²) in [6.07, 6.45) is 0.913. The third kappa shape index (κ3) is 10.1. The van der Waals surface area contributed by atoms with Gasteiger partial charge in [-0.1, -0.05) is 29.8 Å². The van der Waals surface area contributed by atoms with Gasteiger partial charge in [0.2, 0.25) is 5.91 Å². The van der Waals surface area contributed by atoms with Gasteiger partial charge in [-0.05, 0) is 39.7 Å². The Morgan fingerprint density at radius 1 is 1.22 bits per heavy atom. The van der Waals surface area contributed by atoms with Crippen LogP contribution < -0.4 is 16.0 Å². The van der Waals surface area contributed by atoms with E-state index in [1.54, 1.807) is 7.05 Å². The highest BCUT2D eigenvalue weighted by atomic mass is 127. The van der Waals surface area contributed by atoms with E-state index in [-0.39, 0.29) is 42.0 Å². The largest absolute Gasteiger partial charge is 0.356 e. The van der Waals surface area contributed by atoms with E-state index >= 15 is 0 Å². The number of carbonyl (C=O) groups is 1. The van der Waals surface area contributed by atoms with Crippen molar-refractivity contribution < 1.29 is 4.79 Å². The number of rotatable bonds is 5. The second-order valence-electron chi connectivity index (χ2n) is 6.39. The highest BCUT2D eigenvalue weighted by Crippen LogP contribution is 2.03. The van der Waals surface area contributed by atoms with Crippen LogP contribution in [0.25, 0.3) is 0 Å². The van der Waals surface area contributed by atoms with Crippen LogP contribution in [0.4, 0.5) is 0 Å². The van der Waals surface area contributed by atoms with Crippen molar-refractivity contribution in [2.75, 3.05) is 20.1 Å². The summed E-state index contributed by atoms with van der Waals surface area (Å²) >= 11 is 0. The Hall–Kier alpha value is -1.31. The van der Waals surface area contributed by atoms with Crippen LogP contribution in [-0.2, 0) is 11.2 Å². The van der Waals surface area contributed by atoms with E-state index in [0.717, 1.165) is 13.0 Å². The Bertz CT molecular complexity index is 524. The maximum Gasteiger partial charge on any atom is 0.239 e. The van der Waals surface area contributed by atoms with Gasteiger partial charge < -0.3 is 16.0 Å². The zero-order valence-corrected chi connectivity index (χ0v) is 17.0. The summed E-state index contributed by atoms with van der Waals surface area (Å²) in [6, 6.07) is 8.44. The quantitative estimate of drug-likeness (QED) is 0.380. The summed E-state index contributed by atoms with van der Waals surface area (Å²) in [5.74, 6) is 0.589. The van der Waals surface area contributed by atoms with Crippen LogP contribution in [0.15, 0.2) is 29.3 Å². The molecule has 0 saturated heterocycles. The average Bonchev–Trinajstić information content (AvgIpc) is 2.40. The molecule has 0 atom stereocenters. The lowest BCUT2D eigenvalue weighted by Gasteiger charge is -2.21. The van der Waals surface area contributed by atoms with Crippen LogP contribution in [0, 0.1) is 6.92 Å². The van der Waals surface area contributed by atoms with Crippen LogP contribution in [-0.4, -0.2) is 37.5 Å². The van der Waals surface area contributed by atoms with Gasteiger partial charge in [0.15, 0.2) is 5.96 Å². The normalized spacial score (nSPS) is 11.4. The first kappa shape index (κ1) is 21.7. The number of nitrogens with one attached hydrogen (secondary N) is 3. The maximum atomic E-state index is 11.8. The SMILES string of the molecule is CN=C(NCCc1cccc(C)c1)NCC(=O)NC(C)(C)C.I. The number of hydrogen-bond donors (Lipinski definition) is 3. The smallest absolute Gasteiger partial charge is 0.239 e. The molecule has 1 rings (SSSR count). The van der Waals surface area contributed by atoms with E-state index in [0.29, 0.717) is 5.96 Å². The fourth-order valence-electron chi connectivity index (χ4n) is 2.04. The van der Waals surface area contributed by atoms with E-state index in [2.05, 4.69) is 52.1 Å². The lowest BCUT2D eigenvalue weighted by Crippen LogP contribution is -2.48. The molecule has 1 amide bonds. The zero-order chi connectivity index (χ0) is 16.6. The number of aryl methyl sites for hydroxylation is 1. The van der Waals surface area contributed by atoms with Crippen LogP contribution in [0.3, 0.4) is 0 Å². The number of amides is 1. The number of nitrogens with zero attached hydrogens (tertiary/aromatic N) is 1. The Balaban J connectivity index is 0.00000484. The highest BCUT2D eigenvalue weighted by Gasteiger charge is 2.13. The van der Waals surface area contributed by atoms with Gasteiger partial charge in [0.05, 0.1) is 6.54 Å². The van der Waals surface area contributed by atoms with Crippen molar-refractivity contribution in [3.05, 3.63) is 35.4 Å². The number of benzene rings is 1. The molecule has 0 unspecified atom stereocenters. The minimum absolute atomic E-state index is 0. The number of carbonyl (C=O) groups excluding carboxylic acids is 1.